The number of fused-ring (bicyclic) bond motifs is 4. The lowest BCUT2D eigenvalue weighted by Gasteiger charge is -2.12. The number of nitrogens with two attached hydrogens (primary N) is 1. The second-order valence-corrected chi connectivity index (χ2v) is 10.3. The predicted octanol–water partition coefficient (Wildman–Crippen LogP) is 6.80. The summed E-state index contributed by atoms with van der Waals surface area (Å²) in [6.45, 7) is 0. The highest BCUT2D eigenvalue weighted by molar-refractivity contribution is 7.80. The van der Waals surface area contributed by atoms with E-state index in [2.05, 4.69) is 21.3 Å². The maximum atomic E-state index is 12.5. The highest BCUT2D eigenvalue weighted by Gasteiger charge is 2.22. The van der Waals surface area contributed by atoms with Gasteiger partial charge >= 0.3 is 0 Å². The molecule has 7 rings (SSSR count). The van der Waals surface area contributed by atoms with Gasteiger partial charge in [-0.25, -0.2) is 0 Å². The van der Waals surface area contributed by atoms with Gasteiger partial charge in [0.2, 0.25) is 0 Å². The molecule has 5 aromatic rings. The van der Waals surface area contributed by atoms with Crippen molar-refractivity contribution in [3.8, 4) is 23.0 Å². The molecule has 222 valence electrons. The van der Waals surface area contributed by atoms with Crippen LogP contribution in [-0.2, 0) is 0 Å². The van der Waals surface area contributed by atoms with E-state index in [4.69, 9.17) is 27.4 Å². The molecule has 0 aliphatic carbocycles. The normalized spacial score (nSPS) is 12.2. The zero-order valence-electron chi connectivity index (χ0n) is 23.5. The molecule has 0 aromatic heterocycles. The van der Waals surface area contributed by atoms with Crippen LogP contribution in [0.5, 0.6) is 23.0 Å². The zero-order valence-corrected chi connectivity index (χ0v) is 24.3. The van der Waals surface area contributed by atoms with Gasteiger partial charge in [0.05, 0.1) is 22.5 Å². The van der Waals surface area contributed by atoms with Crippen molar-refractivity contribution < 1.29 is 23.9 Å². The maximum absolute atomic E-state index is 12.5. The lowest BCUT2D eigenvalue weighted by atomic mass is 10.1. The quantitative estimate of drug-likeness (QED) is 0.108. The molecule has 0 atom stereocenters. The fourth-order valence-corrected chi connectivity index (χ4v) is 4.76. The van der Waals surface area contributed by atoms with Crippen molar-refractivity contribution in [3.05, 3.63) is 132 Å². The van der Waals surface area contributed by atoms with E-state index in [0.717, 1.165) is 0 Å². The van der Waals surface area contributed by atoms with Gasteiger partial charge in [-0.15, -0.1) is 0 Å². The number of thiocarbonyl (C=S) groups is 1. The molecule has 0 spiro atoms. The summed E-state index contributed by atoms with van der Waals surface area (Å²) in [5.41, 5.74) is 9.32. The molecular formula is C34H25N5O5S. The van der Waals surface area contributed by atoms with Crippen LogP contribution in [0.2, 0.25) is 0 Å². The molecule has 3 amide bonds. The monoisotopic (exact) mass is 615 g/mol. The van der Waals surface area contributed by atoms with Gasteiger partial charge < -0.3 is 31.2 Å². The van der Waals surface area contributed by atoms with Gasteiger partial charge in [-0.1, -0.05) is 42.5 Å². The second kappa shape index (κ2) is 12.6. The first kappa shape index (κ1) is 28.9. The number of ether oxygens (including phenoxy) is 2. The molecule has 2 heterocycles. The minimum absolute atomic E-state index is 0.132. The lowest BCUT2D eigenvalue weighted by Crippen LogP contribution is -2.34. The summed E-state index contributed by atoms with van der Waals surface area (Å²) in [5, 5.41) is 11.3. The predicted molar refractivity (Wildman–Crippen MR) is 176 cm³/mol. The largest absolute Gasteiger partial charge is 0.454 e. The molecule has 0 fully saturated rings. The van der Waals surface area contributed by atoms with E-state index in [1.165, 1.54) is 0 Å². The summed E-state index contributed by atoms with van der Waals surface area (Å²) < 4.78 is 11.5. The van der Waals surface area contributed by atoms with Crippen LogP contribution in [0.4, 0.5) is 22.7 Å². The Balaban J connectivity index is 0.000000179. The number of amides is 3. The molecule has 2 aliphatic rings. The van der Waals surface area contributed by atoms with E-state index in [1.807, 2.05) is 30.3 Å². The Bertz CT molecular complexity index is 1960. The van der Waals surface area contributed by atoms with E-state index < -0.39 is 0 Å². The average molecular weight is 616 g/mol. The molecule has 5 aromatic carbocycles. The van der Waals surface area contributed by atoms with Crippen molar-refractivity contribution in [2.24, 2.45) is 0 Å². The van der Waals surface area contributed by atoms with Crippen LogP contribution in [0, 0.1) is 0 Å². The maximum Gasteiger partial charge on any atom is 0.259 e. The molecule has 10 nitrogen and oxygen atoms in total. The molecule has 0 saturated heterocycles. The molecule has 2 aliphatic heterocycles. The number of carbonyl (C=O) groups excluding carboxylic acids is 3. The number of para-hydroxylation sites is 4. The number of nitrogens with one attached hydrogen (secondary N) is 4. The van der Waals surface area contributed by atoms with Crippen LogP contribution in [0.15, 0.2) is 115 Å². The van der Waals surface area contributed by atoms with E-state index >= 15 is 0 Å². The number of hydrogen-bond donors (Lipinski definition) is 5. The number of nitrogen functional groups attached to an aromatic ring is 1. The Morgan fingerprint density at radius 2 is 1.18 bits per heavy atom. The molecule has 0 bridgehead atoms. The van der Waals surface area contributed by atoms with Gasteiger partial charge in [0.25, 0.3) is 17.7 Å². The molecule has 6 N–H and O–H groups in total. The second-order valence-electron chi connectivity index (χ2n) is 9.85. The zero-order chi connectivity index (χ0) is 31.3. The molecule has 0 radical (unpaired) electrons. The first-order valence-corrected chi connectivity index (χ1v) is 14.1. The fraction of sp³-hybridized carbons (Fsp3) is 0. The Morgan fingerprint density at radius 3 is 1.80 bits per heavy atom. The van der Waals surface area contributed by atoms with E-state index in [1.54, 1.807) is 84.9 Å². The van der Waals surface area contributed by atoms with Crippen molar-refractivity contribution in [1.82, 2.24) is 5.32 Å². The van der Waals surface area contributed by atoms with Gasteiger partial charge in [0.15, 0.2) is 16.6 Å². The van der Waals surface area contributed by atoms with Crippen LogP contribution < -0.4 is 36.5 Å². The first-order valence-electron chi connectivity index (χ1n) is 13.7. The lowest BCUT2D eigenvalue weighted by molar-refractivity contribution is 0.0975. The molecular weight excluding hydrogens is 590 g/mol. The summed E-state index contributed by atoms with van der Waals surface area (Å²) in [6, 6.07) is 33.3. The number of rotatable bonds is 2. The van der Waals surface area contributed by atoms with Crippen molar-refractivity contribution in [2.75, 3.05) is 21.7 Å². The minimum Gasteiger partial charge on any atom is -0.454 e. The number of anilines is 4. The molecule has 11 heteroatoms. The highest BCUT2D eigenvalue weighted by atomic mass is 32.1. The third-order valence-corrected chi connectivity index (χ3v) is 6.91. The highest BCUT2D eigenvalue weighted by Crippen LogP contribution is 2.37. The van der Waals surface area contributed by atoms with Crippen LogP contribution in [-0.4, -0.2) is 22.8 Å². The van der Waals surface area contributed by atoms with Gasteiger partial charge in [-0.3, -0.25) is 19.7 Å². The minimum atomic E-state index is -0.315. The Hall–Kier alpha value is -6.20. The summed E-state index contributed by atoms with van der Waals surface area (Å²) in [4.78, 5) is 36.7. The molecule has 45 heavy (non-hydrogen) atoms. The van der Waals surface area contributed by atoms with Gasteiger partial charge in [-0.2, -0.15) is 0 Å². The van der Waals surface area contributed by atoms with Crippen molar-refractivity contribution in [3.63, 3.8) is 0 Å². The van der Waals surface area contributed by atoms with Crippen molar-refractivity contribution in [2.45, 2.75) is 0 Å². The summed E-state index contributed by atoms with van der Waals surface area (Å²) in [7, 11) is 0. The number of carbonyl (C=O) groups is 3. The van der Waals surface area contributed by atoms with Gasteiger partial charge in [-0.05, 0) is 85.0 Å². The van der Waals surface area contributed by atoms with Gasteiger partial charge in [0, 0.05) is 16.9 Å². The SMILES string of the molecule is Nc1ccc2c(c1)C(=O)Nc1ccccc1O2.O=C(NC(=S)Nc1ccc2c(c1)C(=O)Nc1ccccc1O2)c1ccccc1. The first-order chi connectivity index (χ1) is 21.8. The Kier molecular flexibility index (Phi) is 8.08. The molecule has 0 unspecified atom stereocenters. The Labute approximate surface area is 263 Å². The van der Waals surface area contributed by atoms with Crippen molar-refractivity contribution in [1.29, 1.82) is 0 Å². The van der Waals surface area contributed by atoms with Gasteiger partial charge in [0.1, 0.15) is 11.5 Å². The standard InChI is InChI=1S/C21H15N3O3S.C13H10N2O2/c25-19(13-6-2-1-3-7-13)24-21(28)22-14-10-11-17-15(12-14)20(26)23-16-8-4-5-9-18(16)27-17;14-8-5-6-11-9(7-8)13(16)15-10-3-1-2-4-12(10)17-11/h1-12H,(H,23,26)(H2,22,24,25,28);1-7H,14H2,(H,15,16). The average Bonchev–Trinajstić information content (AvgIpc) is 3.28. The Morgan fingerprint density at radius 1 is 0.644 bits per heavy atom. The van der Waals surface area contributed by atoms with E-state index in [9.17, 15) is 14.4 Å². The third-order valence-electron chi connectivity index (χ3n) is 6.70. The fourth-order valence-electron chi connectivity index (χ4n) is 4.55. The van der Waals surface area contributed by atoms with E-state index in [0.29, 0.717) is 62.4 Å². The van der Waals surface area contributed by atoms with Crippen LogP contribution in [0.1, 0.15) is 31.1 Å². The van der Waals surface area contributed by atoms with Crippen LogP contribution in [0.25, 0.3) is 0 Å². The smallest absolute Gasteiger partial charge is 0.259 e. The van der Waals surface area contributed by atoms with Crippen molar-refractivity contribution >= 4 is 57.8 Å². The summed E-state index contributed by atoms with van der Waals surface area (Å²) in [5.74, 6) is 1.34. The number of hydrogen-bond acceptors (Lipinski definition) is 7. The summed E-state index contributed by atoms with van der Waals surface area (Å²) >= 11 is 5.21. The van der Waals surface area contributed by atoms with E-state index in [-0.39, 0.29) is 22.8 Å². The van der Waals surface area contributed by atoms with Crippen LogP contribution in [0.3, 0.4) is 0 Å². The van der Waals surface area contributed by atoms with Crippen LogP contribution >= 0.6 is 12.2 Å². The third kappa shape index (κ3) is 6.58. The topological polar surface area (TPSA) is 144 Å². The number of benzene rings is 5. The summed E-state index contributed by atoms with van der Waals surface area (Å²) in [6.07, 6.45) is 0. The molecule has 0 saturated carbocycles.